The number of amidine groups is 1. The van der Waals surface area contributed by atoms with Crippen LogP contribution < -0.4 is 10.5 Å². The highest BCUT2D eigenvalue weighted by Crippen LogP contribution is 2.37. The smallest absolute Gasteiger partial charge is 0.258 e. The van der Waals surface area contributed by atoms with Crippen LogP contribution in [0.3, 0.4) is 0 Å². The summed E-state index contributed by atoms with van der Waals surface area (Å²) >= 11 is 1.51. The van der Waals surface area contributed by atoms with Crippen LogP contribution in [0.2, 0.25) is 0 Å². The second kappa shape index (κ2) is 7.49. The number of thioether (sulfide) groups is 1. The standard InChI is InChI=1S/C22H22N4O3S2/c1-14-6-7-17(9-15(14)2)26(22-24-18-12-31(28,29)13-19(18)30-22)11-16-10-21(27)25-8-4-3-5-20(25)23-16/h3-10,18-19H,11-13H2,1-2H3/t18-,19+/m1/s1. The molecule has 1 saturated heterocycles. The highest BCUT2D eigenvalue weighted by Gasteiger charge is 2.44. The van der Waals surface area contributed by atoms with E-state index < -0.39 is 9.84 Å². The minimum absolute atomic E-state index is 0.0516. The zero-order valence-corrected chi connectivity index (χ0v) is 18.9. The summed E-state index contributed by atoms with van der Waals surface area (Å²) in [4.78, 5) is 24.1. The predicted octanol–water partition coefficient (Wildman–Crippen LogP) is 2.59. The summed E-state index contributed by atoms with van der Waals surface area (Å²) in [7, 11) is -3.02. The average molecular weight is 455 g/mol. The van der Waals surface area contributed by atoms with Gasteiger partial charge in [0.1, 0.15) is 5.65 Å². The molecule has 2 aromatic heterocycles. The van der Waals surface area contributed by atoms with Gasteiger partial charge in [-0.2, -0.15) is 0 Å². The molecule has 2 atom stereocenters. The third-order valence-electron chi connectivity index (χ3n) is 5.78. The molecule has 7 nitrogen and oxygen atoms in total. The monoisotopic (exact) mass is 454 g/mol. The lowest BCUT2D eigenvalue weighted by atomic mass is 10.1. The zero-order chi connectivity index (χ0) is 21.8. The zero-order valence-electron chi connectivity index (χ0n) is 17.2. The van der Waals surface area contributed by atoms with Crippen molar-refractivity contribution < 1.29 is 8.42 Å². The molecule has 31 heavy (non-hydrogen) atoms. The van der Waals surface area contributed by atoms with Crippen molar-refractivity contribution in [3.05, 3.63) is 75.8 Å². The van der Waals surface area contributed by atoms with Crippen LogP contribution >= 0.6 is 11.8 Å². The first-order chi connectivity index (χ1) is 14.8. The molecule has 0 N–H and O–H groups in total. The van der Waals surface area contributed by atoms with E-state index in [1.165, 1.54) is 21.7 Å². The molecule has 160 valence electrons. The Hall–Kier alpha value is -2.65. The first-order valence-corrected chi connectivity index (χ1v) is 12.8. The molecule has 0 spiro atoms. The van der Waals surface area contributed by atoms with E-state index >= 15 is 0 Å². The Morgan fingerprint density at radius 2 is 1.97 bits per heavy atom. The van der Waals surface area contributed by atoms with Gasteiger partial charge in [-0.3, -0.25) is 14.2 Å². The van der Waals surface area contributed by atoms with Crippen molar-refractivity contribution in [1.29, 1.82) is 0 Å². The van der Waals surface area contributed by atoms with Gasteiger partial charge in [0.2, 0.25) is 0 Å². The molecule has 4 heterocycles. The van der Waals surface area contributed by atoms with Gasteiger partial charge in [0.25, 0.3) is 5.56 Å². The van der Waals surface area contributed by atoms with Crippen LogP contribution in [0.25, 0.3) is 5.65 Å². The van der Waals surface area contributed by atoms with E-state index in [2.05, 4.69) is 31.0 Å². The molecule has 0 amide bonds. The first-order valence-electron chi connectivity index (χ1n) is 10.1. The maximum absolute atomic E-state index is 12.6. The molecule has 0 saturated carbocycles. The number of sulfone groups is 1. The number of aryl methyl sites for hydroxylation is 2. The maximum atomic E-state index is 12.6. The Labute approximate surface area is 184 Å². The normalized spacial score (nSPS) is 21.8. The lowest BCUT2D eigenvalue weighted by Gasteiger charge is -2.25. The largest absolute Gasteiger partial charge is 0.315 e. The molecule has 0 aliphatic carbocycles. The Kier molecular flexibility index (Phi) is 4.90. The number of anilines is 1. The quantitative estimate of drug-likeness (QED) is 0.605. The number of hydrogen-bond acceptors (Lipinski definition) is 7. The molecule has 0 unspecified atom stereocenters. The van der Waals surface area contributed by atoms with Crippen molar-refractivity contribution in [2.24, 2.45) is 4.99 Å². The second-order valence-corrected chi connectivity index (χ2v) is 11.4. The van der Waals surface area contributed by atoms with Crippen molar-refractivity contribution in [3.63, 3.8) is 0 Å². The SMILES string of the molecule is Cc1ccc(N(Cc2cc(=O)n3ccccc3n2)C2=N[C@@H]3CS(=O)(=O)C[C@@H]3S2)cc1C. The molecule has 0 radical (unpaired) electrons. The molecular formula is C22H22N4O3S2. The Morgan fingerprint density at radius 3 is 2.74 bits per heavy atom. The number of rotatable bonds is 3. The van der Waals surface area contributed by atoms with Crippen molar-refractivity contribution in [2.45, 2.75) is 31.7 Å². The van der Waals surface area contributed by atoms with Crippen molar-refractivity contribution in [3.8, 4) is 0 Å². The van der Waals surface area contributed by atoms with Crippen molar-refractivity contribution in [2.75, 3.05) is 16.4 Å². The van der Waals surface area contributed by atoms with Crippen LogP contribution in [0.4, 0.5) is 5.69 Å². The van der Waals surface area contributed by atoms with Crippen LogP contribution in [-0.4, -0.2) is 45.8 Å². The highest BCUT2D eigenvalue weighted by atomic mass is 32.2. The molecular weight excluding hydrogens is 432 g/mol. The molecule has 2 aliphatic heterocycles. The molecule has 1 aromatic carbocycles. The summed E-state index contributed by atoms with van der Waals surface area (Å²) in [6.07, 6.45) is 1.70. The van der Waals surface area contributed by atoms with E-state index in [0.717, 1.165) is 16.4 Å². The average Bonchev–Trinajstić information content (AvgIpc) is 3.22. The third kappa shape index (κ3) is 3.87. The van der Waals surface area contributed by atoms with Gasteiger partial charge in [-0.15, -0.1) is 0 Å². The number of hydrogen-bond donors (Lipinski definition) is 0. The Bertz CT molecular complexity index is 1380. The Balaban J connectivity index is 1.55. The van der Waals surface area contributed by atoms with Gasteiger partial charge >= 0.3 is 0 Å². The van der Waals surface area contributed by atoms with E-state index in [1.807, 2.05) is 23.1 Å². The summed E-state index contributed by atoms with van der Waals surface area (Å²) < 4.78 is 25.5. The molecule has 3 aromatic rings. The number of benzene rings is 1. The lowest BCUT2D eigenvalue weighted by molar-refractivity contribution is 0.601. The van der Waals surface area contributed by atoms with E-state index in [4.69, 9.17) is 4.99 Å². The fourth-order valence-corrected chi connectivity index (χ4v) is 7.76. The summed E-state index contributed by atoms with van der Waals surface area (Å²) in [6.45, 7) is 4.50. The molecule has 0 bridgehead atoms. The van der Waals surface area contributed by atoms with Gasteiger partial charge in [-0.05, 0) is 49.2 Å². The van der Waals surface area contributed by atoms with Crippen LogP contribution in [0, 0.1) is 13.8 Å². The van der Waals surface area contributed by atoms with Gasteiger partial charge in [0, 0.05) is 23.2 Å². The number of fused-ring (bicyclic) bond motifs is 2. The number of pyridine rings is 1. The summed E-state index contributed by atoms with van der Waals surface area (Å²) in [5.74, 6) is 0.260. The van der Waals surface area contributed by atoms with Crippen LogP contribution in [-0.2, 0) is 16.4 Å². The number of aliphatic imine (C=N–C) groups is 1. The molecule has 9 heteroatoms. The van der Waals surface area contributed by atoms with Gasteiger partial charge in [0.15, 0.2) is 15.0 Å². The third-order valence-corrected chi connectivity index (χ3v) is 9.03. The predicted molar refractivity (Wildman–Crippen MR) is 125 cm³/mol. The van der Waals surface area contributed by atoms with Crippen LogP contribution in [0.5, 0.6) is 0 Å². The van der Waals surface area contributed by atoms with Gasteiger partial charge in [0.05, 0.1) is 29.8 Å². The lowest BCUT2D eigenvalue weighted by Crippen LogP contribution is -2.29. The number of nitrogens with zero attached hydrogens (tertiary/aromatic N) is 4. The summed E-state index contributed by atoms with van der Waals surface area (Å²) in [5, 5.41) is 0.729. The van der Waals surface area contributed by atoms with Crippen LogP contribution in [0.1, 0.15) is 16.8 Å². The van der Waals surface area contributed by atoms with Crippen LogP contribution in [0.15, 0.2) is 58.4 Å². The van der Waals surface area contributed by atoms with Crippen molar-refractivity contribution in [1.82, 2.24) is 9.38 Å². The fourth-order valence-electron chi connectivity index (χ4n) is 3.98. The molecule has 1 fully saturated rings. The van der Waals surface area contributed by atoms with Crippen molar-refractivity contribution >= 4 is 38.1 Å². The van der Waals surface area contributed by atoms with E-state index in [9.17, 15) is 13.2 Å². The second-order valence-electron chi connectivity index (χ2n) is 8.08. The topological polar surface area (TPSA) is 84.1 Å². The van der Waals surface area contributed by atoms with E-state index in [1.54, 1.807) is 18.3 Å². The van der Waals surface area contributed by atoms with Gasteiger partial charge in [-0.1, -0.05) is 23.9 Å². The maximum Gasteiger partial charge on any atom is 0.258 e. The summed E-state index contributed by atoms with van der Waals surface area (Å²) in [6, 6.07) is 13.0. The van der Waals surface area contributed by atoms with Gasteiger partial charge in [-0.25, -0.2) is 13.4 Å². The first kappa shape index (κ1) is 20.3. The Morgan fingerprint density at radius 1 is 1.13 bits per heavy atom. The molecule has 2 aliphatic rings. The fraction of sp³-hybridized carbons (Fsp3) is 0.318. The minimum Gasteiger partial charge on any atom is -0.315 e. The minimum atomic E-state index is -3.02. The number of aromatic nitrogens is 2. The van der Waals surface area contributed by atoms with Gasteiger partial charge < -0.3 is 4.90 Å². The van der Waals surface area contributed by atoms with E-state index in [0.29, 0.717) is 17.9 Å². The molecule has 5 rings (SSSR count). The highest BCUT2D eigenvalue weighted by molar-refractivity contribution is 8.15. The van der Waals surface area contributed by atoms with E-state index in [-0.39, 0.29) is 28.4 Å². The summed E-state index contributed by atoms with van der Waals surface area (Å²) in [5.41, 5.74) is 4.39.